The van der Waals surface area contributed by atoms with E-state index in [4.69, 9.17) is 5.73 Å². The average molecular weight is 275 g/mol. The number of carbonyl (C=O) groups is 2. The fraction of sp³-hybridized carbons (Fsp3) is 0.467. The van der Waals surface area contributed by atoms with Crippen LogP contribution in [0.25, 0.3) is 0 Å². The van der Waals surface area contributed by atoms with Gasteiger partial charge in [-0.05, 0) is 50.5 Å². The molecule has 0 radical (unpaired) electrons. The van der Waals surface area contributed by atoms with Crippen LogP contribution in [-0.2, 0) is 4.79 Å². The summed E-state index contributed by atoms with van der Waals surface area (Å²) < 4.78 is 0. The van der Waals surface area contributed by atoms with Crippen LogP contribution in [0.3, 0.4) is 0 Å². The molecule has 5 nitrogen and oxygen atoms in total. The molecule has 20 heavy (non-hydrogen) atoms. The molecule has 1 fully saturated rings. The molecule has 1 aromatic rings. The molecule has 1 aromatic carbocycles. The molecular weight excluding hydrogens is 254 g/mol. The van der Waals surface area contributed by atoms with Crippen molar-refractivity contribution >= 4 is 17.5 Å². The zero-order chi connectivity index (χ0) is 14.5. The Morgan fingerprint density at radius 2 is 1.95 bits per heavy atom. The molecule has 0 saturated heterocycles. The van der Waals surface area contributed by atoms with Crippen LogP contribution in [0.2, 0.25) is 0 Å². The number of rotatable bonds is 6. The molecule has 0 aliphatic heterocycles. The van der Waals surface area contributed by atoms with E-state index in [9.17, 15) is 9.59 Å². The maximum atomic E-state index is 11.8. The van der Waals surface area contributed by atoms with Gasteiger partial charge in [-0.1, -0.05) is 0 Å². The summed E-state index contributed by atoms with van der Waals surface area (Å²) in [5.74, 6) is 0.126. The molecule has 108 valence electrons. The van der Waals surface area contributed by atoms with E-state index >= 15 is 0 Å². The molecule has 1 aliphatic carbocycles. The topological polar surface area (TPSA) is 84.2 Å². The summed E-state index contributed by atoms with van der Waals surface area (Å²) in [6.07, 6.45) is 2.71. The number of nitrogens with two attached hydrogens (primary N) is 1. The highest BCUT2D eigenvalue weighted by Gasteiger charge is 2.29. The van der Waals surface area contributed by atoms with Crippen molar-refractivity contribution in [3.8, 4) is 0 Å². The third-order valence-corrected chi connectivity index (χ3v) is 3.25. The molecule has 0 aromatic heterocycles. The van der Waals surface area contributed by atoms with E-state index in [1.807, 2.05) is 6.92 Å². The zero-order valence-electron chi connectivity index (χ0n) is 11.7. The predicted octanol–water partition coefficient (Wildman–Crippen LogP) is 1.50. The van der Waals surface area contributed by atoms with Gasteiger partial charge >= 0.3 is 0 Å². The van der Waals surface area contributed by atoms with Crippen molar-refractivity contribution in [3.05, 3.63) is 29.8 Å². The molecule has 1 saturated carbocycles. The van der Waals surface area contributed by atoms with Gasteiger partial charge in [0.15, 0.2) is 0 Å². The van der Waals surface area contributed by atoms with Gasteiger partial charge in [-0.3, -0.25) is 9.59 Å². The van der Waals surface area contributed by atoms with Gasteiger partial charge in [0.2, 0.25) is 5.91 Å². The molecule has 0 spiro atoms. The minimum Gasteiger partial charge on any atom is -0.352 e. The highest BCUT2D eigenvalue weighted by atomic mass is 16.2. The fourth-order valence-electron chi connectivity index (χ4n) is 1.81. The maximum Gasteiger partial charge on any atom is 0.251 e. The highest BCUT2D eigenvalue weighted by molar-refractivity contribution is 5.96. The van der Waals surface area contributed by atoms with Crippen LogP contribution < -0.4 is 16.4 Å². The second-order valence-corrected chi connectivity index (χ2v) is 5.36. The molecule has 0 heterocycles. The maximum absolute atomic E-state index is 11.8. The number of hydrogen-bond acceptors (Lipinski definition) is 3. The standard InChI is InChI=1S/C15H21N3O2/c1-10(16)8-9-17-14(19)11-4-6-13(7-5-11)18-15(20)12-2-3-12/h4-7,10,12H,2-3,8-9,16H2,1H3,(H,17,19)(H,18,20). The Morgan fingerprint density at radius 3 is 2.50 bits per heavy atom. The first-order chi connectivity index (χ1) is 9.56. The zero-order valence-corrected chi connectivity index (χ0v) is 11.7. The van der Waals surface area contributed by atoms with Crippen LogP contribution in [0.4, 0.5) is 5.69 Å². The quantitative estimate of drug-likeness (QED) is 0.735. The predicted molar refractivity (Wildman–Crippen MR) is 78.4 cm³/mol. The van der Waals surface area contributed by atoms with Crippen LogP contribution in [0, 0.1) is 5.92 Å². The van der Waals surface area contributed by atoms with Crippen LogP contribution in [0.1, 0.15) is 36.5 Å². The highest BCUT2D eigenvalue weighted by Crippen LogP contribution is 2.30. The summed E-state index contributed by atoms with van der Waals surface area (Å²) >= 11 is 0. The molecule has 1 unspecified atom stereocenters. The first kappa shape index (κ1) is 14.5. The van der Waals surface area contributed by atoms with Gasteiger partial charge in [-0.15, -0.1) is 0 Å². The second-order valence-electron chi connectivity index (χ2n) is 5.36. The van der Waals surface area contributed by atoms with Gasteiger partial charge in [0.05, 0.1) is 0 Å². The number of benzene rings is 1. The Kier molecular flexibility index (Phi) is 4.74. The van der Waals surface area contributed by atoms with Crippen molar-refractivity contribution in [1.82, 2.24) is 5.32 Å². The van der Waals surface area contributed by atoms with Crippen LogP contribution in [-0.4, -0.2) is 24.4 Å². The fourth-order valence-corrected chi connectivity index (χ4v) is 1.81. The summed E-state index contributed by atoms with van der Waals surface area (Å²) in [5.41, 5.74) is 6.93. The van der Waals surface area contributed by atoms with E-state index in [-0.39, 0.29) is 23.8 Å². The Hall–Kier alpha value is -1.88. The van der Waals surface area contributed by atoms with Gasteiger partial charge < -0.3 is 16.4 Å². The van der Waals surface area contributed by atoms with Crippen molar-refractivity contribution < 1.29 is 9.59 Å². The van der Waals surface area contributed by atoms with E-state index in [0.717, 1.165) is 24.9 Å². The first-order valence-corrected chi connectivity index (χ1v) is 7.01. The molecular formula is C15H21N3O2. The van der Waals surface area contributed by atoms with Crippen molar-refractivity contribution in [3.63, 3.8) is 0 Å². The van der Waals surface area contributed by atoms with Gasteiger partial charge in [-0.25, -0.2) is 0 Å². The number of anilines is 1. The molecule has 0 bridgehead atoms. The van der Waals surface area contributed by atoms with Gasteiger partial charge in [0.25, 0.3) is 5.91 Å². The van der Waals surface area contributed by atoms with E-state index in [1.165, 1.54) is 0 Å². The number of nitrogens with one attached hydrogen (secondary N) is 2. The minimum absolute atomic E-state index is 0.0686. The number of hydrogen-bond donors (Lipinski definition) is 3. The SMILES string of the molecule is CC(N)CCNC(=O)c1ccc(NC(=O)C2CC2)cc1. The molecule has 1 aliphatic rings. The van der Waals surface area contributed by atoms with Crippen LogP contribution in [0.5, 0.6) is 0 Å². The van der Waals surface area contributed by atoms with Crippen LogP contribution in [0.15, 0.2) is 24.3 Å². The minimum atomic E-state index is -0.120. The molecule has 1 atom stereocenters. The van der Waals surface area contributed by atoms with Crippen molar-refractivity contribution in [2.24, 2.45) is 11.7 Å². The summed E-state index contributed by atoms with van der Waals surface area (Å²) in [6.45, 7) is 2.47. The van der Waals surface area contributed by atoms with E-state index in [0.29, 0.717) is 12.1 Å². The lowest BCUT2D eigenvalue weighted by atomic mass is 10.2. The summed E-state index contributed by atoms with van der Waals surface area (Å²) in [5, 5.41) is 5.65. The summed E-state index contributed by atoms with van der Waals surface area (Å²) in [6, 6.07) is 7.00. The lowest BCUT2D eigenvalue weighted by Gasteiger charge is -2.08. The Labute approximate surface area is 118 Å². The monoisotopic (exact) mass is 275 g/mol. The smallest absolute Gasteiger partial charge is 0.251 e. The van der Waals surface area contributed by atoms with Gasteiger partial charge in [0, 0.05) is 29.8 Å². The van der Waals surface area contributed by atoms with Gasteiger partial charge in [0.1, 0.15) is 0 Å². The largest absolute Gasteiger partial charge is 0.352 e. The molecule has 2 rings (SSSR count). The Bertz CT molecular complexity index is 478. The van der Waals surface area contributed by atoms with Crippen molar-refractivity contribution in [1.29, 1.82) is 0 Å². The van der Waals surface area contributed by atoms with Crippen molar-refractivity contribution in [2.45, 2.75) is 32.2 Å². The third kappa shape index (κ3) is 4.35. The number of carbonyl (C=O) groups excluding carboxylic acids is 2. The molecule has 2 amide bonds. The van der Waals surface area contributed by atoms with E-state index in [1.54, 1.807) is 24.3 Å². The summed E-state index contributed by atoms with van der Waals surface area (Å²) in [7, 11) is 0. The van der Waals surface area contributed by atoms with Crippen molar-refractivity contribution in [2.75, 3.05) is 11.9 Å². The molecule has 4 N–H and O–H groups in total. The van der Waals surface area contributed by atoms with E-state index < -0.39 is 0 Å². The number of amides is 2. The normalized spacial score (nSPS) is 15.5. The lowest BCUT2D eigenvalue weighted by molar-refractivity contribution is -0.117. The summed E-state index contributed by atoms with van der Waals surface area (Å²) in [4.78, 5) is 23.4. The lowest BCUT2D eigenvalue weighted by Crippen LogP contribution is -2.28. The second kappa shape index (κ2) is 6.52. The third-order valence-electron chi connectivity index (χ3n) is 3.25. The van der Waals surface area contributed by atoms with Crippen LogP contribution >= 0.6 is 0 Å². The Morgan fingerprint density at radius 1 is 1.30 bits per heavy atom. The average Bonchev–Trinajstić information content (AvgIpc) is 3.23. The Balaban J connectivity index is 1.83. The molecule has 5 heteroatoms. The van der Waals surface area contributed by atoms with E-state index in [2.05, 4.69) is 10.6 Å². The first-order valence-electron chi connectivity index (χ1n) is 7.01. The van der Waals surface area contributed by atoms with Gasteiger partial charge in [-0.2, -0.15) is 0 Å².